The largest absolute Gasteiger partial charge is 0.394 e. The van der Waals surface area contributed by atoms with Gasteiger partial charge in [0.1, 0.15) is 0 Å². The van der Waals surface area contributed by atoms with Gasteiger partial charge in [0, 0.05) is 0 Å². The van der Waals surface area contributed by atoms with Gasteiger partial charge in [-0.1, -0.05) is 36.4 Å². The molecule has 0 heterocycles. The highest BCUT2D eigenvalue weighted by Gasteiger charge is 2.09. The second-order valence-corrected chi connectivity index (χ2v) is 3.58. The molecule has 0 saturated heterocycles. The van der Waals surface area contributed by atoms with E-state index in [2.05, 4.69) is 5.32 Å². The molecule has 0 fully saturated rings. The molecule has 0 aliphatic heterocycles. The molecule has 0 aliphatic rings. The van der Waals surface area contributed by atoms with Gasteiger partial charge in [-0.05, 0) is 25.0 Å². The summed E-state index contributed by atoms with van der Waals surface area (Å²) >= 11 is 0. The van der Waals surface area contributed by atoms with Gasteiger partial charge in [-0.2, -0.15) is 0 Å². The van der Waals surface area contributed by atoms with Crippen LogP contribution in [0.15, 0.2) is 42.5 Å². The third kappa shape index (κ3) is 4.28. The van der Waals surface area contributed by atoms with Crippen molar-refractivity contribution in [1.29, 1.82) is 0 Å². The number of benzene rings is 1. The lowest BCUT2D eigenvalue weighted by atomic mass is 10.1. The Morgan fingerprint density at radius 1 is 1.44 bits per heavy atom. The number of carbonyl (C=O) groups is 1. The Bertz CT molecular complexity index is 346. The van der Waals surface area contributed by atoms with Gasteiger partial charge in [-0.25, -0.2) is 0 Å². The van der Waals surface area contributed by atoms with Crippen LogP contribution in [0.5, 0.6) is 0 Å². The highest BCUT2D eigenvalue weighted by molar-refractivity contribution is 5.87. The Kier molecular flexibility index (Phi) is 5.29. The maximum absolute atomic E-state index is 11.3. The van der Waals surface area contributed by atoms with Crippen molar-refractivity contribution in [2.45, 2.75) is 19.4 Å². The topological polar surface area (TPSA) is 49.3 Å². The van der Waals surface area contributed by atoms with Gasteiger partial charge in [-0.15, -0.1) is 0 Å². The van der Waals surface area contributed by atoms with E-state index in [9.17, 15) is 4.79 Å². The van der Waals surface area contributed by atoms with Crippen molar-refractivity contribution in [3.05, 3.63) is 48.0 Å². The van der Waals surface area contributed by atoms with Gasteiger partial charge in [0.05, 0.1) is 12.6 Å². The maximum atomic E-state index is 11.3. The van der Waals surface area contributed by atoms with Gasteiger partial charge in [0.15, 0.2) is 0 Å². The lowest BCUT2D eigenvalue weighted by Crippen LogP contribution is -2.38. The zero-order valence-electron chi connectivity index (χ0n) is 9.39. The Morgan fingerprint density at radius 2 is 2.12 bits per heavy atom. The van der Waals surface area contributed by atoms with Crippen molar-refractivity contribution in [1.82, 2.24) is 5.32 Å². The molecule has 16 heavy (non-hydrogen) atoms. The van der Waals surface area contributed by atoms with Gasteiger partial charge in [0.25, 0.3) is 0 Å². The normalized spacial score (nSPS) is 12.6. The van der Waals surface area contributed by atoms with Crippen LogP contribution in [0.3, 0.4) is 0 Å². The molecule has 0 saturated carbocycles. The Hall–Kier alpha value is -1.61. The molecule has 3 heteroatoms. The number of nitrogens with one attached hydrogen (secondary N) is 1. The van der Waals surface area contributed by atoms with Crippen LogP contribution in [0.25, 0.3) is 0 Å². The average molecular weight is 219 g/mol. The summed E-state index contributed by atoms with van der Waals surface area (Å²) < 4.78 is 0. The SMILES string of the molecule is C/C=C/C(=O)N[C@@H](CO)Cc1ccccc1. The molecule has 1 amide bonds. The summed E-state index contributed by atoms with van der Waals surface area (Å²) in [5.74, 6) is -0.169. The fraction of sp³-hybridized carbons (Fsp3) is 0.308. The first-order valence-electron chi connectivity index (χ1n) is 5.34. The number of carbonyl (C=O) groups excluding carboxylic acids is 1. The van der Waals surface area contributed by atoms with Crippen LogP contribution >= 0.6 is 0 Å². The predicted octanol–water partition coefficient (Wildman–Crippen LogP) is 1.28. The smallest absolute Gasteiger partial charge is 0.243 e. The molecule has 1 atom stereocenters. The van der Waals surface area contributed by atoms with Crippen molar-refractivity contribution >= 4 is 5.91 Å². The first-order valence-corrected chi connectivity index (χ1v) is 5.34. The van der Waals surface area contributed by atoms with Crippen LogP contribution in [-0.2, 0) is 11.2 Å². The van der Waals surface area contributed by atoms with Crippen molar-refractivity contribution in [3.63, 3.8) is 0 Å². The van der Waals surface area contributed by atoms with Crippen molar-refractivity contribution in [2.75, 3.05) is 6.61 Å². The average Bonchev–Trinajstić information content (AvgIpc) is 2.30. The zero-order valence-corrected chi connectivity index (χ0v) is 9.39. The van der Waals surface area contributed by atoms with Gasteiger partial charge >= 0.3 is 0 Å². The number of amides is 1. The molecule has 0 bridgehead atoms. The third-order valence-corrected chi connectivity index (χ3v) is 2.21. The fourth-order valence-electron chi connectivity index (χ4n) is 1.46. The molecule has 1 rings (SSSR count). The Labute approximate surface area is 95.8 Å². The summed E-state index contributed by atoms with van der Waals surface area (Å²) in [6, 6.07) is 9.55. The van der Waals surface area contributed by atoms with E-state index < -0.39 is 0 Å². The van der Waals surface area contributed by atoms with E-state index in [1.165, 1.54) is 6.08 Å². The van der Waals surface area contributed by atoms with Crippen LogP contribution in [0.2, 0.25) is 0 Å². The lowest BCUT2D eigenvalue weighted by molar-refractivity contribution is -0.117. The molecule has 1 aromatic rings. The van der Waals surface area contributed by atoms with Crippen molar-refractivity contribution in [2.24, 2.45) is 0 Å². The fourth-order valence-corrected chi connectivity index (χ4v) is 1.46. The molecule has 1 aromatic carbocycles. The van der Waals surface area contributed by atoms with Crippen molar-refractivity contribution < 1.29 is 9.90 Å². The summed E-state index contributed by atoms with van der Waals surface area (Å²) in [6.07, 6.45) is 3.76. The van der Waals surface area contributed by atoms with Crippen LogP contribution in [0, 0.1) is 0 Å². The molecule has 0 radical (unpaired) electrons. The van der Waals surface area contributed by atoms with Crippen LogP contribution in [-0.4, -0.2) is 23.7 Å². The van der Waals surface area contributed by atoms with Crippen LogP contribution in [0.1, 0.15) is 12.5 Å². The minimum Gasteiger partial charge on any atom is -0.394 e. The molecular formula is C13H17NO2. The van der Waals surface area contributed by atoms with Gasteiger partial charge in [-0.3, -0.25) is 4.79 Å². The molecule has 0 unspecified atom stereocenters. The molecule has 0 aliphatic carbocycles. The molecule has 0 aromatic heterocycles. The predicted molar refractivity (Wildman–Crippen MR) is 64.0 cm³/mol. The number of aliphatic hydroxyl groups is 1. The minimum atomic E-state index is -0.230. The van der Waals surface area contributed by atoms with Crippen LogP contribution in [0.4, 0.5) is 0 Å². The van der Waals surface area contributed by atoms with E-state index in [1.54, 1.807) is 13.0 Å². The molecule has 2 N–H and O–H groups in total. The molecular weight excluding hydrogens is 202 g/mol. The lowest BCUT2D eigenvalue weighted by Gasteiger charge is -2.15. The summed E-state index contributed by atoms with van der Waals surface area (Å²) in [5.41, 5.74) is 1.10. The van der Waals surface area contributed by atoms with E-state index in [4.69, 9.17) is 5.11 Å². The third-order valence-electron chi connectivity index (χ3n) is 2.21. The highest BCUT2D eigenvalue weighted by Crippen LogP contribution is 2.02. The van der Waals surface area contributed by atoms with E-state index in [0.29, 0.717) is 6.42 Å². The number of hydrogen-bond donors (Lipinski definition) is 2. The quantitative estimate of drug-likeness (QED) is 0.733. The van der Waals surface area contributed by atoms with Gasteiger partial charge in [0.2, 0.25) is 5.91 Å². The van der Waals surface area contributed by atoms with E-state index in [-0.39, 0.29) is 18.6 Å². The zero-order chi connectivity index (χ0) is 11.8. The van der Waals surface area contributed by atoms with Crippen molar-refractivity contribution in [3.8, 4) is 0 Å². The highest BCUT2D eigenvalue weighted by atomic mass is 16.3. The Morgan fingerprint density at radius 3 is 2.69 bits per heavy atom. The van der Waals surface area contributed by atoms with Crippen LogP contribution < -0.4 is 5.32 Å². The maximum Gasteiger partial charge on any atom is 0.243 e. The van der Waals surface area contributed by atoms with E-state index >= 15 is 0 Å². The first kappa shape index (κ1) is 12.5. The summed E-state index contributed by atoms with van der Waals surface area (Å²) in [7, 11) is 0. The molecule has 3 nitrogen and oxygen atoms in total. The van der Waals surface area contributed by atoms with E-state index in [0.717, 1.165) is 5.56 Å². The number of aliphatic hydroxyl groups excluding tert-OH is 1. The molecule has 0 spiro atoms. The van der Waals surface area contributed by atoms with Gasteiger partial charge < -0.3 is 10.4 Å². The van der Waals surface area contributed by atoms with E-state index in [1.807, 2.05) is 30.3 Å². The monoisotopic (exact) mass is 219 g/mol. The minimum absolute atomic E-state index is 0.0574. The summed E-state index contributed by atoms with van der Waals surface area (Å²) in [4.78, 5) is 11.3. The summed E-state index contributed by atoms with van der Waals surface area (Å²) in [5, 5.41) is 11.9. The number of rotatable bonds is 5. The second-order valence-electron chi connectivity index (χ2n) is 3.58. The second kappa shape index (κ2) is 6.80. The number of allylic oxidation sites excluding steroid dienone is 1. The Balaban J connectivity index is 2.53. The first-order chi connectivity index (χ1) is 7.76. The summed E-state index contributed by atoms with van der Waals surface area (Å²) in [6.45, 7) is 1.73. The number of hydrogen-bond acceptors (Lipinski definition) is 2. The molecule has 86 valence electrons. The standard InChI is InChI=1S/C13H17NO2/c1-2-6-13(16)14-12(10-15)9-11-7-4-3-5-8-11/h2-8,12,15H,9-10H2,1H3,(H,14,16)/b6-2+/t12-/m1/s1.